The number of aliphatic imine (C=N–C) groups is 1. The van der Waals surface area contributed by atoms with Crippen molar-refractivity contribution in [3.63, 3.8) is 0 Å². The summed E-state index contributed by atoms with van der Waals surface area (Å²) in [7, 11) is 1.26. The van der Waals surface area contributed by atoms with E-state index in [1.54, 1.807) is 25.4 Å². The van der Waals surface area contributed by atoms with Gasteiger partial charge in [0.2, 0.25) is 0 Å². The Morgan fingerprint density at radius 3 is 2.60 bits per heavy atom. The molecule has 1 saturated carbocycles. The van der Waals surface area contributed by atoms with Crippen molar-refractivity contribution in [1.29, 1.82) is 0 Å². The molecule has 1 N–H and O–H groups in total. The van der Waals surface area contributed by atoms with E-state index < -0.39 is 28.7 Å². The van der Waals surface area contributed by atoms with Crippen LogP contribution in [0.1, 0.15) is 72.5 Å². The number of nitrogens with one attached hydrogen (secondary N) is 1. The van der Waals surface area contributed by atoms with E-state index in [9.17, 15) is 18.4 Å². The van der Waals surface area contributed by atoms with Gasteiger partial charge in [-0.25, -0.2) is 23.5 Å². The number of carbonyl (C=O) groups excluding carboxylic acids is 2. The van der Waals surface area contributed by atoms with Crippen molar-refractivity contribution in [3.05, 3.63) is 79.6 Å². The lowest BCUT2D eigenvalue weighted by Gasteiger charge is -2.34. The van der Waals surface area contributed by atoms with E-state index in [1.807, 2.05) is 0 Å². The summed E-state index contributed by atoms with van der Waals surface area (Å²) in [6.07, 6.45) is 4.39. The van der Waals surface area contributed by atoms with Crippen molar-refractivity contribution in [3.8, 4) is 0 Å². The van der Waals surface area contributed by atoms with Crippen LogP contribution in [0.25, 0.3) is 0 Å². The van der Waals surface area contributed by atoms with Crippen molar-refractivity contribution in [1.82, 2.24) is 15.3 Å². The second-order valence-corrected chi connectivity index (χ2v) is 11.3. The monoisotopic (exact) mass is 618 g/mol. The number of carbonyl (C=O) groups is 2. The smallest absolute Gasteiger partial charge is 0.338 e. The van der Waals surface area contributed by atoms with Gasteiger partial charge in [-0.3, -0.25) is 9.79 Å². The Bertz CT molecular complexity index is 1550. The lowest BCUT2D eigenvalue weighted by molar-refractivity contribution is -0.142. The molecule has 1 unspecified atom stereocenters. The Balaban J connectivity index is 1.46. The maximum atomic E-state index is 14.6. The SMILES string of the molecule is CCOC(=O)Cc1nc([C@H]2CC[C@H](C3=C(C(=O)OC)C(c4ccc(F)c(F)c4Cl)N=C(c4nccs4)N3)CC2)oc1C. The number of hydrogen-bond donors (Lipinski definition) is 1. The molecule has 9 nitrogen and oxygen atoms in total. The van der Waals surface area contributed by atoms with E-state index in [0.29, 0.717) is 66.2 Å². The number of nitrogens with zero attached hydrogens (tertiary/aromatic N) is 3. The minimum Gasteiger partial charge on any atom is -0.466 e. The number of halogens is 3. The number of benzene rings is 1. The number of aryl methyl sites for hydroxylation is 1. The number of amidine groups is 1. The van der Waals surface area contributed by atoms with Crippen LogP contribution in [-0.4, -0.2) is 41.5 Å². The lowest BCUT2D eigenvalue weighted by Crippen LogP contribution is -2.37. The molecule has 13 heteroatoms. The van der Waals surface area contributed by atoms with Crippen molar-refractivity contribution in [2.75, 3.05) is 13.7 Å². The molecule has 42 heavy (non-hydrogen) atoms. The van der Waals surface area contributed by atoms with Gasteiger partial charge in [-0.1, -0.05) is 17.7 Å². The lowest BCUT2D eigenvalue weighted by atomic mass is 9.78. The zero-order chi connectivity index (χ0) is 30.0. The van der Waals surface area contributed by atoms with Crippen LogP contribution in [0.4, 0.5) is 8.78 Å². The quantitative estimate of drug-likeness (QED) is 0.243. The van der Waals surface area contributed by atoms with E-state index in [2.05, 4.69) is 15.3 Å². The predicted octanol–water partition coefficient (Wildman–Crippen LogP) is 5.97. The molecule has 0 spiro atoms. The zero-order valence-corrected chi connectivity index (χ0v) is 24.8. The Kier molecular flexibility index (Phi) is 9.02. The summed E-state index contributed by atoms with van der Waals surface area (Å²) in [5.41, 5.74) is 1.46. The summed E-state index contributed by atoms with van der Waals surface area (Å²) in [5.74, 6) is -1.88. The largest absolute Gasteiger partial charge is 0.466 e. The highest BCUT2D eigenvalue weighted by molar-refractivity contribution is 7.11. The fraction of sp³-hybridized carbons (Fsp3) is 0.414. The molecule has 0 bridgehead atoms. The van der Waals surface area contributed by atoms with E-state index in [0.717, 1.165) is 6.07 Å². The molecule has 3 heterocycles. The average molecular weight is 619 g/mol. The minimum absolute atomic E-state index is 0.0187. The molecule has 0 amide bonds. The van der Waals surface area contributed by atoms with Gasteiger partial charge in [0.25, 0.3) is 0 Å². The highest BCUT2D eigenvalue weighted by atomic mass is 35.5. The van der Waals surface area contributed by atoms with Crippen LogP contribution in [0.15, 0.2) is 44.4 Å². The van der Waals surface area contributed by atoms with Gasteiger partial charge in [-0.15, -0.1) is 11.3 Å². The van der Waals surface area contributed by atoms with Gasteiger partial charge in [-0.2, -0.15) is 0 Å². The van der Waals surface area contributed by atoms with Crippen molar-refractivity contribution in [2.45, 2.75) is 57.9 Å². The van der Waals surface area contributed by atoms with E-state index >= 15 is 0 Å². The highest BCUT2D eigenvalue weighted by Gasteiger charge is 2.39. The Hall–Kier alpha value is -3.64. The van der Waals surface area contributed by atoms with Gasteiger partial charge in [0.05, 0.1) is 36.4 Å². The van der Waals surface area contributed by atoms with Crippen molar-refractivity contribution < 1.29 is 32.3 Å². The first-order valence-electron chi connectivity index (χ1n) is 13.5. The number of hydrogen-bond acceptors (Lipinski definition) is 10. The first-order chi connectivity index (χ1) is 20.2. The fourth-order valence-electron chi connectivity index (χ4n) is 5.41. The van der Waals surface area contributed by atoms with Crippen LogP contribution < -0.4 is 5.32 Å². The van der Waals surface area contributed by atoms with Crippen LogP contribution >= 0.6 is 22.9 Å². The Labute approximate surface area is 250 Å². The number of ether oxygens (including phenoxy) is 2. The number of methoxy groups -OCH3 is 1. The van der Waals surface area contributed by atoms with Gasteiger partial charge >= 0.3 is 11.9 Å². The fourth-order valence-corrected chi connectivity index (χ4v) is 6.26. The predicted molar refractivity (Wildman–Crippen MR) is 151 cm³/mol. The summed E-state index contributed by atoms with van der Waals surface area (Å²) in [6.45, 7) is 3.82. The third-order valence-corrected chi connectivity index (χ3v) is 8.65. The summed E-state index contributed by atoms with van der Waals surface area (Å²) < 4.78 is 44.7. The van der Waals surface area contributed by atoms with E-state index in [1.165, 1.54) is 24.5 Å². The molecule has 3 aromatic rings. The molecule has 1 aromatic carbocycles. The molecule has 0 saturated heterocycles. The second-order valence-electron chi connectivity index (χ2n) is 10.0. The van der Waals surface area contributed by atoms with Crippen LogP contribution in [0.3, 0.4) is 0 Å². The molecule has 1 atom stereocenters. The number of allylic oxidation sites excluding steroid dienone is 1. The third-order valence-electron chi connectivity index (χ3n) is 7.49. The van der Waals surface area contributed by atoms with E-state index in [4.69, 9.17) is 30.5 Å². The molecule has 1 aliphatic carbocycles. The molecule has 2 aliphatic rings. The topological polar surface area (TPSA) is 116 Å². The number of aromatic nitrogens is 2. The number of rotatable bonds is 8. The van der Waals surface area contributed by atoms with Crippen LogP contribution in [0.2, 0.25) is 5.02 Å². The van der Waals surface area contributed by atoms with Crippen LogP contribution in [0.5, 0.6) is 0 Å². The van der Waals surface area contributed by atoms with Gasteiger partial charge in [0.1, 0.15) is 11.8 Å². The van der Waals surface area contributed by atoms with E-state index in [-0.39, 0.29) is 35.4 Å². The molecule has 1 fully saturated rings. The molecule has 5 rings (SSSR count). The summed E-state index contributed by atoms with van der Waals surface area (Å²) in [4.78, 5) is 38.8. The Morgan fingerprint density at radius 1 is 1.19 bits per heavy atom. The summed E-state index contributed by atoms with van der Waals surface area (Å²) in [5, 5.41) is 5.22. The number of esters is 2. The van der Waals surface area contributed by atoms with Gasteiger partial charge < -0.3 is 19.2 Å². The second kappa shape index (κ2) is 12.7. The highest BCUT2D eigenvalue weighted by Crippen LogP contribution is 2.44. The molecule has 222 valence electrons. The Morgan fingerprint density at radius 2 is 1.93 bits per heavy atom. The zero-order valence-electron chi connectivity index (χ0n) is 23.2. The molecule has 2 aromatic heterocycles. The van der Waals surface area contributed by atoms with Crippen molar-refractivity contribution >= 4 is 40.7 Å². The van der Waals surface area contributed by atoms with Crippen molar-refractivity contribution in [2.24, 2.45) is 10.9 Å². The normalized spacial score (nSPS) is 20.6. The standard InChI is InChI=1S/C29H29ClF2N4O5S/c1-4-40-20(37)13-19-14(2)41-27(34-19)16-7-5-15(6-8-16)24-21(29(38)39-3)25(17-9-10-18(31)23(32)22(17)30)36-26(35-24)28-33-11-12-42-28/h9-12,15-16,25H,4-8,13H2,1-3H3,(H,35,36)/t15-,16-,25?. The summed E-state index contributed by atoms with van der Waals surface area (Å²) >= 11 is 7.61. The first-order valence-corrected chi connectivity index (χ1v) is 14.8. The third kappa shape index (κ3) is 5.96. The molecular formula is C29H29ClF2N4O5S. The first kappa shape index (κ1) is 29.8. The maximum Gasteiger partial charge on any atom is 0.338 e. The molecular weight excluding hydrogens is 590 g/mol. The minimum atomic E-state index is -1.21. The van der Waals surface area contributed by atoms with Gasteiger partial charge in [0, 0.05) is 28.8 Å². The molecule has 0 radical (unpaired) electrons. The van der Waals surface area contributed by atoms with Gasteiger partial charge in [-0.05, 0) is 51.5 Å². The van der Waals surface area contributed by atoms with Crippen LogP contribution in [-0.2, 0) is 25.5 Å². The number of thiazole rings is 1. The number of oxazole rings is 1. The maximum absolute atomic E-state index is 14.6. The van der Waals surface area contributed by atoms with Crippen LogP contribution in [0, 0.1) is 24.5 Å². The average Bonchev–Trinajstić information content (AvgIpc) is 3.66. The summed E-state index contributed by atoms with van der Waals surface area (Å²) in [6, 6.07) is 1.24. The van der Waals surface area contributed by atoms with Gasteiger partial charge in [0.15, 0.2) is 28.4 Å². The molecule has 1 aliphatic heterocycles.